The summed E-state index contributed by atoms with van der Waals surface area (Å²) in [4.78, 5) is 15.0. The molecule has 0 fully saturated rings. The van der Waals surface area contributed by atoms with E-state index in [9.17, 15) is 0 Å². The Kier molecular flexibility index (Phi) is 5.15. The molecule has 0 radical (unpaired) electrons. The van der Waals surface area contributed by atoms with E-state index >= 15 is 0 Å². The Morgan fingerprint density at radius 2 is 1.10 bits per heavy atom. The molecule has 8 aromatic rings. The second-order valence-electron chi connectivity index (χ2n) is 9.82. The smallest absolute Gasteiger partial charge is 0.165 e. The number of nitrogens with zero attached hydrogens (tertiary/aromatic N) is 3. The van der Waals surface area contributed by atoms with Gasteiger partial charge in [-0.2, -0.15) is 0 Å². The van der Waals surface area contributed by atoms with Gasteiger partial charge in [0.05, 0.1) is 5.02 Å². The van der Waals surface area contributed by atoms with Gasteiger partial charge in [0.2, 0.25) is 0 Å². The van der Waals surface area contributed by atoms with E-state index in [1.165, 1.54) is 0 Å². The molecule has 0 aliphatic carbocycles. The van der Waals surface area contributed by atoms with E-state index in [0.29, 0.717) is 22.5 Å². The van der Waals surface area contributed by atoms with Gasteiger partial charge in [0.15, 0.2) is 17.5 Å². The molecule has 0 spiro atoms. The molecular weight excluding hydrogens is 514 g/mol. The molecular formula is C35H20ClN3O. The summed E-state index contributed by atoms with van der Waals surface area (Å²) in [5.74, 6) is 1.67. The fourth-order valence-corrected chi connectivity index (χ4v) is 5.68. The Morgan fingerprint density at radius 3 is 1.93 bits per heavy atom. The van der Waals surface area contributed by atoms with Crippen molar-refractivity contribution in [1.82, 2.24) is 15.0 Å². The van der Waals surface area contributed by atoms with Crippen LogP contribution in [0.15, 0.2) is 126 Å². The number of rotatable bonds is 3. The molecule has 0 bridgehead atoms. The summed E-state index contributed by atoms with van der Waals surface area (Å²) in [6.07, 6.45) is 0. The summed E-state index contributed by atoms with van der Waals surface area (Å²) in [5, 5.41) is 7.00. The van der Waals surface area contributed by atoms with Crippen LogP contribution in [-0.4, -0.2) is 15.0 Å². The van der Waals surface area contributed by atoms with Crippen molar-refractivity contribution < 1.29 is 4.42 Å². The lowest BCUT2D eigenvalue weighted by molar-refractivity contribution is 0.669. The Balaban J connectivity index is 1.42. The van der Waals surface area contributed by atoms with Crippen LogP contribution in [0.2, 0.25) is 5.02 Å². The number of para-hydroxylation sites is 1. The van der Waals surface area contributed by atoms with Gasteiger partial charge in [-0.1, -0.05) is 103 Å². The monoisotopic (exact) mass is 533 g/mol. The first-order chi connectivity index (χ1) is 19.7. The third kappa shape index (κ3) is 3.73. The van der Waals surface area contributed by atoms with Crippen LogP contribution in [0, 0.1) is 0 Å². The SMILES string of the molecule is Clc1cc2ccccc2cc1-c1nc(-c2ccc3ccccc3c2)nc(-c2cccc3oc4ccccc4c23)n1. The molecule has 0 saturated heterocycles. The third-order valence-corrected chi connectivity index (χ3v) is 7.68. The molecule has 188 valence electrons. The van der Waals surface area contributed by atoms with Gasteiger partial charge in [0, 0.05) is 27.5 Å². The fraction of sp³-hybridized carbons (Fsp3) is 0. The lowest BCUT2D eigenvalue weighted by Crippen LogP contribution is -2.01. The molecule has 0 aliphatic rings. The first-order valence-corrected chi connectivity index (χ1v) is 13.4. The Hall–Kier alpha value is -5.06. The zero-order valence-corrected chi connectivity index (χ0v) is 21.9. The minimum atomic E-state index is 0.522. The zero-order valence-electron chi connectivity index (χ0n) is 21.2. The zero-order chi connectivity index (χ0) is 26.6. The minimum absolute atomic E-state index is 0.522. The van der Waals surface area contributed by atoms with Crippen molar-refractivity contribution in [3.05, 3.63) is 126 Å². The molecule has 6 aromatic carbocycles. The van der Waals surface area contributed by atoms with Gasteiger partial charge in [-0.15, -0.1) is 0 Å². The van der Waals surface area contributed by atoms with Crippen molar-refractivity contribution in [3.63, 3.8) is 0 Å². The van der Waals surface area contributed by atoms with Gasteiger partial charge in [0.25, 0.3) is 0 Å². The first kappa shape index (κ1) is 22.9. The summed E-state index contributed by atoms with van der Waals surface area (Å²) in [5.41, 5.74) is 4.16. The Morgan fingerprint density at radius 1 is 0.475 bits per heavy atom. The summed E-state index contributed by atoms with van der Waals surface area (Å²) in [7, 11) is 0. The average molecular weight is 534 g/mol. The standard InChI is InChI=1S/C35H20ClN3O/c36-29-20-24-11-4-3-10-23(24)19-28(29)35-38-33(25-17-16-21-8-1-2-9-22(21)18-25)37-34(39-35)27-13-7-15-31-32(27)26-12-5-6-14-30(26)40-31/h1-20H. The number of halogens is 1. The highest BCUT2D eigenvalue weighted by molar-refractivity contribution is 6.34. The van der Waals surface area contributed by atoms with Crippen molar-refractivity contribution in [2.24, 2.45) is 0 Å². The van der Waals surface area contributed by atoms with Gasteiger partial charge in [-0.05, 0) is 51.9 Å². The number of fused-ring (bicyclic) bond motifs is 5. The molecule has 0 unspecified atom stereocenters. The molecule has 0 N–H and O–H groups in total. The molecule has 5 heteroatoms. The lowest BCUT2D eigenvalue weighted by atomic mass is 10.0. The van der Waals surface area contributed by atoms with E-state index in [4.69, 9.17) is 31.0 Å². The maximum atomic E-state index is 6.85. The molecule has 2 heterocycles. The minimum Gasteiger partial charge on any atom is -0.456 e. The van der Waals surface area contributed by atoms with E-state index in [2.05, 4.69) is 54.6 Å². The largest absolute Gasteiger partial charge is 0.456 e. The number of aromatic nitrogens is 3. The summed E-state index contributed by atoms with van der Waals surface area (Å²) >= 11 is 6.85. The Bertz CT molecular complexity index is 2250. The van der Waals surface area contributed by atoms with Gasteiger partial charge in [-0.25, -0.2) is 15.0 Å². The quantitative estimate of drug-likeness (QED) is 0.227. The lowest BCUT2D eigenvalue weighted by Gasteiger charge is -2.11. The van der Waals surface area contributed by atoms with Gasteiger partial charge in [-0.3, -0.25) is 0 Å². The molecule has 2 aromatic heterocycles. The number of hydrogen-bond donors (Lipinski definition) is 0. The molecule has 4 nitrogen and oxygen atoms in total. The number of hydrogen-bond acceptors (Lipinski definition) is 4. The number of furan rings is 1. The molecule has 0 atom stereocenters. The van der Waals surface area contributed by atoms with E-state index in [1.807, 2.05) is 66.7 Å². The average Bonchev–Trinajstić information content (AvgIpc) is 3.39. The topological polar surface area (TPSA) is 51.8 Å². The fourth-order valence-electron chi connectivity index (χ4n) is 5.42. The Labute approximate surface area is 234 Å². The molecule has 0 amide bonds. The van der Waals surface area contributed by atoms with Gasteiger partial charge >= 0.3 is 0 Å². The molecule has 40 heavy (non-hydrogen) atoms. The van der Waals surface area contributed by atoms with Gasteiger partial charge < -0.3 is 4.42 Å². The summed E-state index contributed by atoms with van der Waals surface area (Å²) < 4.78 is 6.17. The van der Waals surface area contributed by atoms with Crippen LogP contribution in [0.1, 0.15) is 0 Å². The van der Waals surface area contributed by atoms with Crippen LogP contribution in [0.25, 0.3) is 77.6 Å². The van der Waals surface area contributed by atoms with E-state index < -0.39 is 0 Å². The highest BCUT2D eigenvalue weighted by Crippen LogP contribution is 2.38. The van der Waals surface area contributed by atoms with Crippen LogP contribution >= 0.6 is 11.6 Å². The van der Waals surface area contributed by atoms with E-state index in [-0.39, 0.29) is 0 Å². The maximum Gasteiger partial charge on any atom is 0.165 e. The van der Waals surface area contributed by atoms with Crippen molar-refractivity contribution in [1.29, 1.82) is 0 Å². The maximum absolute atomic E-state index is 6.85. The highest BCUT2D eigenvalue weighted by Gasteiger charge is 2.19. The predicted molar refractivity (Wildman–Crippen MR) is 163 cm³/mol. The molecule has 8 rings (SSSR count). The second-order valence-corrected chi connectivity index (χ2v) is 10.2. The van der Waals surface area contributed by atoms with Crippen molar-refractivity contribution in [3.8, 4) is 34.2 Å². The van der Waals surface area contributed by atoms with Crippen LogP contribution in [0.3, 0.4) is 0 Å². The van der Waals surface area contributed by atoms with Gasteiger partial charge in [0.1, 0.15) is 11.2 Å². The van der Waals surface area contributed by atoms with Crippen LogP contribution in [0.4, 0.5) is 0 Å². The molecule has 0 aliphatic heterocycles. The third-order valence-electron chi connectivity index (χ3n) is 7.36. The van der Waals surface area contributed by atoms with E-state index in [1.54, 1.807) is 0 Å². The van der Waals surface area contributed by atoms with Crippen molar-refractivity contribution in [2.45, 2.75) is 0 Å². The van der Waals surface area contributed by atoms with Crippen LogP contribution in [0.5, 0.6) is 0 Å². The normalized spacial score (nSPS) is 11.6. The van der Waals surface area contributed by atoms with E-state index in [0.717, 1.165) is 60.2 Å². The first-order valence-electron chi connectivity index (χ1n) is 13.1. The second kappa shape index (κ2) is 9.01. The summed E-state index contributed by atoms with van der Waals surface area (Å²) in [6.45, 7) is 0. The highest BCUT2D eigenvalue weighted by atomic mass is 35.5. The van der Waals surface area contributed by atoms with Crippen LogP contribution < -0.4 is 0 Å². The number of benzene rings is 6. The predicted octanol–water partition coefficient (Wildman–Crippen LogP) is 9.73. The van der Waals surface area contributed by atoms with Crippen molar-refractivity contribution in [2.75, 3.05) is 0 Å². The molecule has 0 saturated carbocycles. The van der Waals surface area contributed by atoms with Crippen LogP contribution in [-0.2, 0) is 0 Å². The van der Waals surface area contributed by atoms with Crippen molar-refractivity contribution >= 4 is 55.1 Å². The summed E-state index contributed by atoms with van der Waals surface area (Å²) in [6, 6.07) is 40.7.